The zero-order chi connectivity index (χ0) is 27.4. The minimum atomic E-state index is -1.66. The maximum Gasteiger partial charge on any atom is 0.326 e. The molecule has 0 saturated carbocycles. The largest absolute Gasteiger partial charge is 0.481 e. The van der Waals surface area contributed by atoms with E-state index in [9.17, 15) is 29.1 Å². The van der Waals surface area contributed by atoms with Gasteiger partial charge in [0.05, 0.1) is 12.5 Å². The number of carboxylic acids is 2. The van der Waals surface area contributed by atoms with Gasteiger partial charge in [-0.3, -0.25) is 19.2 Å². The quantitative estimate of drug-likeness (QED) is 0.200. The molecule has 3 amide bonds. The molecule has 11 heteroatoms. The van der Waals surface area contributed by atoms with Crippen molar-refractivity contribution in [1.82, 2.24) is 16.0 Å². The number of hydrogen-bond acceptors (Lipinski definition) is 6. The number of amides is 3. The van der Waals surface area contributed by atoms with Crippen molar-refractivity contribution in [3.05, 3.63) is 35.9 Å². The summed E-state index contributed by atoms with van der Waals surface area (Å²) < 4.78 is 0. The predicted molar refractivity (Wildman–Crippen MR) is 133 cm³/mol. The Kier molecular flexibility index (Phi) is 12.6. The van der Waals surface area contributed by atoms with Crippen LogP contribution in [0.1, 0.15) is 52.5 Å². The summed E-state index contributed by atoms with van der Waals surface area (Å²) >= 11 is 0. The molecule has 0 aliphatic rings. The Balaban J connectivity index is 3.11. The fraction of sp³-hybridized carbons (Fsp3) is 0.560. The average Bonchev–Trinajstić information content (AvgIpc) is 2.77. The first-order valence-electron chi connectivity index (χ1n) is 11.9. The lowest BCUT2D eigenvalue weighted by Crippen LogP contribution is -2.58. The van der Waals surface area contributed by atoms with Gasteiger partial charge in [-0.2, -0.15) is 0 Å². The number of hydrogen-bond donors (Lipinski definition) is 6. The molecule has 1 aromatic rings. The van der Waals surface area contributed by atoms with E-state index in [4.69, 9.17) is 10.8 Å². The van der Waals surface area contributed by atoms with Crippen LogP contribution in [-0.2, 0) is 30.4 Å². The molecule has 4 atom stereocenters. The molecular weight excluding hydrogens is 468 g/mol. The van der Waals surface area contributed by atoms with E-state index >= 15 is 0 Å². The van der Waals surface area contributed by atoms with Gasteiger partial charge in [0.1, 0.15) is 18.1 Å². The van der Waals surface area contributed by atoms with Crippen molar-refractivity contribution in [1.29, 1.82) is 0 Å². The predicted octanol–water partition coefficient (Wildman–Crippen LogP) is 0.662. The maximum atomic E-state index is 13.3. The van der Waals surface area contributed by atoms with Crippen LogP contribution in [0, 0.1) is 11.8 Å². The van der Waals surface area contributed by atoms with Gasteiger partial charge in [0.25, 0.3) is 0 Å². The summed E-state index contributed by atoms with van der Waals surface area (Å²) in [7, 11) is 0. The molecule has 200 valence electrons. The highest BCUT2D eigenvalue weighted by Crippen LogP contribution is 2.10. The smallest absolute Gasteiger partial charge is 0.326 e. The third-order valence-electron chi connectivity index (χ3n) is 5.31. The molecule has 11 nitrogen and oxygen atoms in total. The van der Waals surface area contributed by atoms with Crippen LogP contribution in [0.15, 0.2) is 30.3 Å². The molecular formula is C25H38N4O7. The summed E-state index contributed by atoms with van der Waals surface area (Å²) in [6.07, 6.45) is -0.0939. The van der Waals surface area contributed by atoms with E-state index in [1.54, 1.807) is 24.3 Å². The number of rotatable bonds is 15. The summed E-state index contributed by atoms with van der Waals surface area (Å²) in [4.78, 5) is 61.2. The lowest BCUT2D eigenvalue weighted by molar-refractivity contribution is -0.147. The molecule has 7 N–H and O–H groups in total. The van der Waals surface area contributed by atoms with Gasteiger partial charge >= 0.3 is 11.9 Å². The number of benzene rings is 1. The minimum Gasteiger partial charge on any atom is -0.481 e. The van der Waals surface area contributed by atoms with Crippen molar-refractivity contribution in [2.24, 2.45) is 17.6 Å². The molecule has 0 aliphatic carbocycles. The van der Waals surface area contributed by atoms with Crippen LogP contribution >= 0.6 is 0 Å². The highest BCUT2D eigenvalue weighted by Gasteiger charge is 2.31. The zero-order valence-corrected chi connectivity index (χ0v) is 21.2. The molecule has 1 aromatic carbocycles. The highest BCUT2D eigenvalue weighted by atomic mass is 16.4. The van der Waals surface area contributed by atoms with Gasteiger partial charge in [0, 0.05) is 6.42 Å². The Bertz CT molecular complexity index is 905. The SMILES string of the molecule is CC(C)CC(N)C(=O)NC(Cc1ccccc1)C(=O)NC(CC(C)C)C(=O)NC(CC(=O)O)C(=O)O. The fourth-order valence-electron chi connectivity index (χ4n) is 3.57. The van der Waals surface area contributed by atoms with Crippen LogP contribution in [0.4, 0.5) is 0 Å². The van der Waals surface area contributed by atoms with Gasteiger partial charge in [-0.05, 0) is 30.2 Å². The van der Waals surface area contributed by atoms with E-state index in [1.807, 2.05) is 33.8 Å². The number of carboxylic acid groups (broad SMARTS) is 2. The van der Waals surface area contributed by atoms with E-state index in [1.165, 1.54) is 0 Å². The Morgan fingerprint density at radius 1 is 0.750 bits per heavy atom. The summed E-state index contributed by atoms with van der Waals surface area (Å²) in [6.45, 7) is 7.47. The molecule has 1 rings (SSSR count). The average molecular weight is 507 g/mol. The standard InChI is InChI=1S/C25H38N4O7/c1-14(2)10-17(26)22(32)27-19(12-16-8-6-5-7-9-16)24(34)28-18(11-15(3)4)23(33)29-20(25(35)36)13-21(30)31/h5-9,14-15,17-20H,10-13,26H2,1-4H3,(H,27,32)(H,28,34)(H,29,33)(H,30,31)(H,35,36). The highest BCUT2D eigenvalue weighted by molar-refractivity contribution is 5.94. The lowest BCUT2D eigenvalue weighted by atomic mass is 9.99. The van der Waals surface area contributed by atoms with Crippen molar-refractivity contribution in [2.45, 2.75) is 77.5 Å². The summed E-state index contributed by atoms with van der Waals surface area (Å²) in [5, 5.41) is 25.7. The zero-order valence-electron chi connectivity index (χ0n) is 21.2. The second kappa shape index (κ2) is 14.8. The third kappa shape index (κ3) is 11.3. The van der Waals surface area contributed by atoms with E-state index in [2.05, 4.69) is 16.0 Å². The van der Waals surface area contributed by atoms with Crippen molar-refractivity contribution in [2.75, 3.05) is 0 Å². The van der Waals surface area contributed by atoms with Crippen molar-refractivity contribution < 1.29 is 34.2 Å². The Morgan fingerprint density at radius 3 is 1.75 bits per heavy atom. The maximum absolute atomic E-state index is 13.3. The Hall–Kier alpha value is -3.47. The first-order chi connectivity index (χ1) is 16.8. The first kappa shape index (κ1) is 30.6. The Labute approximate surface area is 211 Å². The van der Waals surface area contributed by atoms with Crippen LogP contribution in [0.25, 0.3) is 0 Å². The van der Waals surface area contributed by atoms with Crippen molar-refractivity contribution in [3.8, 4) is 0 Å². The number of carbonyl (C=O) groups excluding carboxylic acids is 3. The number of aliphatic carboxylic acids is 2. The lowest BCUT2D eigenvalue weighted by Gasteiger charge is -2.26. The molecule has 0 fully saturated rings. The molecule has 4 unspecified atom stereocenters. The van der Waals surface area contributed by atoms with Gasteiger partial charge in [0.15, 0.2) is 0 Å². The van der Waals surface area contributed by atoms with Gasteiger partial charge in [-0.15, -0.1) is 0 Å². The molecule has 0 spiro atoms. The fourth-order valence-corrected chi connectivity index (χ4v) is 3.57. The molecule has 0 saturated heterocycles. The van der Waals surface area contributed by atoms with Gasteiger partial charge in [0.2, 0.25) is 17.7 Å². The van der Waals surface area contributed by atoms with Crippen LogP contribution in [0.2, 0.25) is 0 Å². The summed E-state index contributed by atoms with van der Waals surface area (Å²) in [6, 6.07) is 4.32. The molecule has 0 radical (unpaired) electrons. The molecule has 0 heterocycles. The summed E-state index contributed by atoms with van der Waals surface area (Å²) in [5.41, 5.74) is 6.76. The van der Waals surface area contributed by atoms with E-state index in [0.717, 1.165) is 5.56 Å². The Morgan fingerprint density at radius 2 is 1.25 bits per heavy atom. The first-order valence-corrected chi connectivity index (χ1v) is 11.9. The van der Waals surface area contributed by atoms with Gasteiger partial charge < -0.3 is 31.9 Å². The van der Waals surface area contributed by atoms with E-state index < -0.39 is 60.2 Å². The van der Waals surface area contributed by atoms with E-state index in [0.29, 0.717) is 6.42 Å². The van der Waals surface area contributed by atoms with Crippen LogP contribution in [0.3, 0.4) is 0 Å². The van der Waals surface area contributed by atoms with Gasteiger partial charge in [-0.25, -0.2) is 4.79 Å². The van der Waals surface area contributed by atoms with Crippen molar-refractivity contribution in [3.63, 3.8) is 0 Å². The number of nitrogens with two attached hydrogens (primary N) is 1. The van der Waals surface area contributed by atoms with Crippen LogP contribution in [0.5, 0.6) is 0 Å². The molecule has 36 heavy (non-hydrogen) atoms. The second-order valence-corrected chi connectivity index (χ2v) is 9.67. The van der Waals surface area contributed by atoms with E-state index in [-0.39, 0.29) is 24.7 Å². The third-order valence-corrected chi connectivity index (χ3v) is 5.31. The minimum absolute atomic E-state index is 0.0644. The molecule has 0 aromatic heterocycles. The van der Waals surface area contributed by atoms with Crippen molar-refractivity contribution >= 4 is 29.7 Å². The molecule has 0 aliphatic heterocycles. The second-order valence-electron chi connectivity index (χ2n) is 9.67. The summed E-state index contributed by atoms with van der Waals surface area (Å²) in [5.74, 6) is -4.77. The number of nitrogens with one attached hydrogen (secondary N) is 3. The topological polar surface area (TPSA) is 188 Å². The number of carbonyl (C=O) groups is 5. The van der Waals surface area contributed by atoms with Crippen LogP contribution < -0.4 is 21.7 Å². The normalized spacial score (nSPS) is 14.4. The van der Waals surface area contributed by atoms with Crippen LogP contribution in [-0.4, -0.2) is 64.0 Å². The monoisotopic (exact) mass is 506 g/mol. The molecule has 0 bridgehead atoms. The van der Waals surface area contributed by atoms with Gasteiger partial charge in [-0.1, -0.05) is 58.0 Å².